The van der Waals surface area contributed by atoms with E-state index in [0.29, 0.717) is 12.1 Å². The molecule has 2 heteroatoms. The highest BCUT2D eigenvalue weighted by Gasteiger charge is 2.21. The van der Waals surface area contributed by atoms with Crippen molar-refractivity contribution in [2.75, 3.05) is 13.7 Å². The Hall–Kier alpha value is -0.0800. The molecule has 0 aliphatic heterocycles. The van der Waals surface area contributed by atoms with Gasteiger partial charge in [0.2, 0.25) is 0 Å². The zero-order valence-electron chi connectivity index (χ0n) is 10.6. The lowest BCUT2D eigenvalue weighted by molar-refractivity contribution is 0.148. The smallest absolute Gasteiger partial charge is 0.0615 e. The van der Waals surface area contributed by atoms with Crippen LogP contribution in [0.1, 0.15) is 52.4 Å². The molecule has 0 aromatic heterocycles. The summed E-state index contributed by atoms with van der Waals surface area (Å²) in [6, 6.07) is 1.19. The molecule has 1 N–H and O–H groups in total. The molecule has 1 aliphatic carbocycles. The first-order valence-electron chi connectivity index (χ1n) is 6.53. The number of hydrogen-bond acceptors (Lipinski definition) is 2. The quantitative estimate of drug-likeness (QED) is 0.732. The molecular formula is C13H27NO. The molecule has 0 bridgehead atoms. The molecule has 1 rings (SSSR count). The van der Waals surface area contributed by atoms with Crippen molar-refractivity contribution in [2.24, 2.45) is 5.92 Å². The maximum absolute atomic E-state index is 5.22. The summed E-state index contributed by atoms with van der Waals surface area (Å²) in [6.07, 6.45) is 8.29. The van der Waals surface area contributed by atoms with E-state index in [-0.39, 0.29) is 0 Å². The fraction of sp³-hybridized carbons (Fsp3) is 1.00. The van der Waals surface area contributed by atoms with Crippen LogP contribution in [0.3, 0.4) is 0 Å². The molecule has 0 spiro atoms. The summed E-state index contributed by atoms with van der Waals surface area (Å²) >= 11 is 0. The van der Waals surface area contributed by atoms with E-state index in [1.54, 1.807) is 7.11 Å². The number of nitrogens with one attached hydrogen (secondary N) is 1. The lowest BCUT2D eigenvalue weighted by Gasteiger charge is -2.31. The Morgan fingerprint density at radius 1 is 1.27 bits per heavy atom. The molecule has 0 aromatic rings. The molecule has 0 saturated heterocycles. The Morgan fingerprint density at radius 3 is 2.47 bits per heavy atom. The summed E-state index contributed by atoms with van der Waals surface area (Å²) in [5.41, 5.74) is 0. The zero-order valence-corrected chi connectivity index (χ0v) is 10.6. The lowest BCUT2D eigenvalue weighted by Crippen LogP contribution is -2.43. The summed E-state index contributed by atoms with van der Waals surface area (Å²) < 4.78 is 5.22. The summed E-state index contributed by atoms with van der Waals surface area (Å²) in [4.78, 5) is 0. The molecule has 0 heterocycles. The topological polar surface area (TPSA) is 21.3 Å². The van der Waals surface area contributed by atoms with Gasteiger partial charge in [0, 0.05) is 19.2 Å². The van der Waals surface area contributed by atoms with E-state index in [0.717, 1.165) is 18.9 Å². The highest BCUT2D eigenvalue weighted by molar-refractivity contribution is 4.79. The van der Waals surface area contributed by atoms with E-state index in [9.17, 15) is 0 Å². The van der Waals surface area contributed by atoms with Gasteiger partial charge >= 0.3 is 0 Å². The monoisotopic (exact) mass is 213 g/mol. The number of ether oxygens (including phenoxy) is 1. The standard InChI is InChI=1S/C13H27NO/c1-4-13(10-15-3)14-11(2)12-8-6-5-7-9-12/h11-14H,4-10H2,1-3H3. The summed E-state index contributed by atoms with van der Waals surface area (Å²) in [6.45, 7) is 5.41. The van der Waals surface area contributed by atoms with Crippen molar-refractivity contribution in [1.29, 1.82) is 0 Å². The molecule has 1 aliphatic rings. The average molecular weight is 213 g/mol. The second-order valence-corrected chi connectivity index (χ2v) is 4.91. The van der Waals surface area contributed by atoms with Crippen LogP contribution in [-0.4, -0.2) is 25.8 Å². The summed E-state index contributed by atoms with van der Waals surface area (Å²) in [5.74, 6) is 0.893. The van der Waals surface area contributed by atoms with Crippen molar-refractivity contribution in [3.8, 4) is 0 Å². The van der Waals surface area contributed by atoms with Crippen LogP contribution in [0.4, 0.5) is 0 Å². The Morgan fingerprint density at radius 2 is 1.93 bits per heavy atom. The van der Waals surface area contributed by atoms with E-state index in [1.807, 2.05) is 0 Å². The predicted molar refractivity (Wildman–Crippen MR) is 65.1 cm³/mol. The third-order valence-corrected chi connectivity index (χ3v) is 3.72. The van der Waals surface area contributed by atoms with Gasteiger partial charge < -0.3 is 10.1 Å². The highest BCUT2D eigenvalue weighted by Crippen LogP contribution is 2.26. The van der Waals surface area contributed by atoms with Gasteiger partial charge in [0.25, 0.3) is 0 Å². The first-order valence-corrected chi connectivity index (χ1v) is 6.53. The van der Waals surface area contributed by atoms with E-state index in [4.69, 9.17) is 4.74 Å². The van der Waals surface area contributed by atoms with Crippen LogP contribution in [0.5, 0.6) is 0 Å². The van der Waals surface area contributed by atoms with Gasteiger partial charge in [0.05, 0.1) is 6.61 Å². The summed E-state index contributed by atoms with van der Waals surface area (Å²) in [7, 11) is 1.79. The van der Waals surface area contributed by atoms with Crippen LogP contribution in [0, 0.1) is 5.92 Å². The minimum atomic E-state index is 0.534. The molecule has 1 fully saturated rings. The van der Waals surface area contributed by atoms with Gasteiger partial charge in [0.15, 0.2) is 0 Å². The van der Waals surface area contributed by atoms with Crippen molar-refractivity contribution in [3.05, 3.63) is 0 Å². The van der Waals surface area contributed by atoms with Crippen LogP contribution in [0.2, 0.25) is 0 Å². The van der Waals surface area contributed by atoms with Gasteiger partial charge in [-0.05, 0) is 32.1 Å². The first-order chi connectivity index (χ1) is 7.27. The number of hydrogen-bond donors (Lipinski definition) is 1. The first kappa shape index (κ1) is 13.0. The SMILES string of the molecule is CCC(COC)NC(C)C1CCCCC1. The Kier molecular flexibility index (Phi) is 6.26. The van der Waals surface area contributed by atoms with E-state index in [1.165, 1.54) is 32.1 Å². The predicted octanol–water partition coefficient (Wildman–Crippen LogP) is 2.97. The minimum Gasteiger partial charge on any atom is -0.383 e. The summed E-state index contributed by atoms with van der Waals surface area (Å²) in [5, 5.41) is 3.71. The number of methoxy groups -OCH3 is 1. The third kappa shape index (κ3) is 4.52. The second kappa shape index (κ2) is 7.24. The van der Waals surface area contributed by atoms with Crippen molar-refractivity contribution in [1.82, 2.24) is 5.32 Å². The Bertz CT molecular complexity index is 155. The van der Waals surface area contributed by atoms with Crippen LogP contribution >= 0.6 is 0 Å². The molecule has 2 atom stereocenters. The zero-order chi connectivity index (χ0) is 11.1. The van der Waals surface area contributed by atoms with Crippen LogP contribution < -0.4 is 5.32 Å². The Balaban J connectivity index is 2.28. The van der Waals surface area contributed by atoms with E-state index < -0.39 is 0 Å². The normalized spacial score (nSPS) is 22.6. The van der Waals surface area contributed by atoms with E-state index in [2.05, 4.69) is 19.2 Å². The Labute approximate surface area is 94.8 Å². The molecule has 2 nitrogen and oxygen atoms in total. The van der Waals surface area contributed by atoms with Gasteiger partial charge in [-0.3, -0.25) is 0 Å². The van der Waals surface area contributed by atoms with Gasteiger partial charge in [-0.25, -0.2) is 0 Å². The molecule has 0 aromatic carbocycles. The van der Waals surface area contributed by atoms with E-state index >= 15 is 0 Å². The minimum absolute atomic E-state index is 0.534. The number of rotatable bonds is 6. The van der Waals surface area contributed by atoms with Crippen LogP contribution in [0.25, 0.3) is 0 Å². The fourth-order valence-electron chi connectivity index (χ4n) is 2.63. The van der Waals surface area contributed by atoms with Crippen LogP contribution in [0.15, 0.2) is 0 Å². The third-order valence-electron chi connectivity index (χ3n) is 3.72. The highest BCUT2D eigenvalue weighted by atomic mass is 16.5. The van der Waals surface area contributed by atoms with Crippen LogP contribution in [-0.2, 0) is 4.74 Å². The molecule has 0 radical (unpaired) electrons. The molecule has 0 amide bonds. The van der Waals surface area contributed by atoms with Crippen molar-refractivity contribution in [2.45, 2.75) is 64.5 Å². The van der Waals surface area contributed by atoms with Gasteiger partial charge in [0.1, 0.15) is 0 Å². The van der Waals surface area contributed by atoms with Crippen molar-refractivity contribution in [3.63, 3.8) is 0 Å². The second-order valence-electron chi connectivity index (χ2n) is 4.91. The molecule has 90 valence electrons. The van der Waals surface area contributed by atoms with Gasteiger partial charge in [-0.2, -0.15) is 0 Å². The van der Waals surface area contributed by atoms with Gasteiger partial charge in [-0.15, -0.1) is 0 Å². The lowest BCUT2D eigenvalue weighted by atomic mass is 9.84. The molecule has 2 unspecified atom stereocenters. The van der Waals surface area contributed by atoms with Crippen molar-refractivity contribution >= 4 is 0 Å². The molecule has 15 heavy (non-hydrogen) atoms. The largest absolute Gasteiger partial charge is 0.383 e. The van der Waals surface area contributed by atoms with Gasteiger partial charge in [-0.1, -0.05) is 26.2 Å². The maximum Gasteiger partial charge on any atom is 0.0615 e. The van der Waals surface area contributed by atoms with Crippen molar-refractivity contribution < 1.29 is 4.74 Å². The molecule has 1 saturated carbocycles. The maximum atomic E-state index is 5.22. The molecular weight excluding hydrogens is 186 g/mol. The average Bonchev–Trinajstić information content (AvgIpc) is 2.29. The fourth-order valence-corrected chi connectivity index (χ4v) is 2.63.